The molecule has 6 rings (SSSR count). The van der Waals surface area contributed by atoms with Gasteiger partial charge < -0.3 is 14.8 Å². The Kier molecular flexibility index (Phi) is 5.70. The quantitative estimate of drug-likeness (QED) is 0.359. The molecule has 192 valence electrons. The highest BCUT2D eigenvalue weighted by Gasteiger charge is 2.32. The van der Waals surface area contributed by atoms with Gasteiger partial charge in [-0.05, 0) is 11.6 Å². The molecule has 2 aromatic carbocycles. The molecule has 0 saturated carbocycles. The first kappa shape index (κ1) is 23.5. The maximum atomic E-state index is 13.4. The van der Waals surface area contributed by atoms with E-state index in [0.29, 0.717) is 33.7 Å². The molecule has 38 heavy (non-hydrogen) atoms. The third kappa shape index (κ3) is 4.09. The minimum absolute atomic E-state index is 0.0640. The average Bonchev–Trinajstić information content (AvgIpc) is 3.65. The molecule has 0 aliphatic carbocycles. The molecule has 0 radical (unpaired) electrons. The molecule has 1 aliphatic rings. The molecule has 1 unspecified atom stereocenters. The standard InChI is InChI=1S/C26H22F2N8O2/c1-34-20-9-5-8-17-18(16-11-29-36(12-16)26(27)28)13-35(22(17)20)14-19(25(34)38)30-24(37)23-31-21(32-33-23)10-15-6-3-2-4-7-15/h2-9,11-13,19,26H,10,14H2,1H3,(H,30,37)(H,31,32,33). The monoisotopic (exact) mass is 516 g/mol. The minimum atomic E-state index is -2.75. The number of para-hydroxylation sites is 1. The van der Waals surface area contributed by atoms with Gasteiger partial charge in [-0.1, -0.05) is 42.5 Å². The van der Waals surface area contributed by atoms with Crippen molar-refractivity contribution in [2.75, 3.05) is 11.9 Å². The molecule has 2 amide bonds. The summed E-state index contributed by atoms with van der Waals surface area (Å²) < 4.78 is 28.7. The Morgan fingerprint density at radius 1 is 1.16 bits per heavy atom. The Balaban J connectivity index is 1.29. The van der Waals surface area contributed by atoms with E-state index < -0.39 is 18.5 Å². The van der Waals surface area contributed by atoms with Crippen LogP contribution in [0.1, 0.15) is 28.6 Å². The number of carbonyl (C=O) groups excluding carboxylic acids is 2. The fourth-order valence-corrected chi connectivity index (χ4v) is 4.79. The second kappa shape index (κ2) is 9.21. The Bertz CT molecular complexity index is 1660. The van der Waals surface area contributed by atoms with Crippen molar-refractivity contribution < 1.29 is 18.4 Å². The maximum absolute atomic E-state index is 13.4. The SMILES string of the molecule is CN1C(=O)C(NC(=O)c2n[nH]c(Cc3ccccc3)n2)Cn2cc(-c3cnn(C(F)F)c3)c3cccc1c32. The number of aromatic nitrogens is 6. The zero-order valence-corrected chi connectivity index (χ0v) is 20.2. The third-order valence-electron chi connectivity index (χ3n) is 6.61. The lowest BCUT2D eigenvalue weighted by Crippen LogP contribution is -2.48. The van der Waals surface area contributed by atoms with Crippen molar-refractivity contribution in [1.29, 1.82) is 0 Å². The number of halogens is 2. The number of nitrogens with one attached hydrogen (secondary N) is 2. The number of benzene rings is 2. The molecule has 12 heteroatoms. The van der Waals surface area contributed by atoms with Crippen LogP contribution in [0.2, 0.25) is 0 Å². The summed E-state index contributed by atoms with van der Waals surface area (Å²) in [5.74, 6) is -0.424. The summed E-state index contributed by atoms with van der Waals surface area (Å²) in [5.41, 5.74) is 3.62. The number of nitrogens with zero attached hydrogens (tertiary/aromatic N) is 6. The van der Waals surface area contributed by atoms with Crippen molar-refractivity contribution in [1.82, 2.24) is 34.8 Å². The van der Waals surface area contributed by atoms with Crippen LogP contribution < -0.4 is 10.2 Å². The van der Waals surface area contributed by atoms with E-state index in [1.54, 1.807) is 25.4 Å². The van der Waals surface area contributed by atoms with Gasteiger partial charge in [0.25, 0.3) is 11.8 Å². The lowest BCUT2D eigenvalue weighted by Gasteiger charge is -2.21. The van der Waals surface area contributed by atoms with Crippen LogP contribution in [0.5, 0.6) is 0 Å². The summed E-state index contributed by atoms with van der Waals surface area (Å²) in [6.07, 6.45) is 4.94. The maximum Gasteiger partial charge on any atom is 0.333 e. The molecule has 5 aromatic rings. The molecule has 3 aromatic heterocycles. The second-order valence-electron chi connectivity index (χ2n) is 9.05. The van der Waals surface area contributed by atoms with E-state index in [1.807, 2.05) is 41.0 Å². The molecular weight excluding hydrogens is 494 g/mol. The van der Waals surface area contributed by atoms with Gasteiger partial charge >= 0.3 is 6.55 Å². The van der Waals surface area contributed by atoms with Crippen molar-refractivity contribution >= 4 is 28.4 Å². The van der Waals surface area contributed by atoms with Crippen molar-refractivity contribution in [2.45, 2.75) is 25.6 Å². The fraction of sp³-hybridized carbons (Fsp3) is 0.192. The van der Waals surface area contributed by atoms with Gasteiger partial charge in [0.2, 0.25) is 5.82 Å². The summed E-state index contributed by atoms with van der Waals surface area (Å²) in [6.45, 7) is -2.62. The predicted octanol–water partition coefficient (Wildman–Crippen LogP) is 3.38. The molecule has 2 N–H and O–H groups in total. The normalized spacial score (nSPS) is 15.3. The van der Waals surface area contributed by atoms with E-state index in [1.165, 1.54) is 17.3 Å². The van der Waals surface area contributed by atoms with Gasteiger partial charge in [0.1, 0.15) is 11.9 Å². The third-order valence-corrected chi connectivity index (χ3v) is 6.61. The van der Waals surface area contributed by atoms with Gasteiger partial charge in [0.05, 0.1) is 23.9 Å². The van der Waals surface area contributed by atoms with Gasteiger partial charge in [-0.3, -0.25) is 14.7 Å². The van der Waals surface area contributed by atoms with Crippen molar-refractivity contribution in [3.05, 3.63) is 84.3 Å². The van der Waals surface area contributed by atoms with Crippen molar-refractivity contribution in [3.8, 4) is 11.1 Å². The Hall–Kier alpha value is -4.87. The summed E-state index contributed by atoms with van der Waals surface area (Å²) in [7, 11) is 1.64. The smallest absolute Gasteiger partial charge is 0.333 e. The van der Waals surface area contributed by atoms with Crippen LogP contribution in [-0.2, 0) is 17.8 Å². The Morgan fingerprint density at radius 2 is 1.97 bits per heavy atom. The number of alkyl halides is 2. The zero-order chi connectivity index (χ0) is 26.4. The van der Waals surface area contributed by atoms with Crippen molar-refractivity contribution in [2.24, 2.45) is 0 Å². The first-order chi connectivity index (χ1) is 18.4. The molecule has 0 saturated heterocycles. The van der Waals surface area contributed by atoms with Gasteiger partial charge in [0.15, 0.2) is 0 Å². The number of rotatable bonds is 6. The molecule has 10 nitrogen and oxygen atoms in total. The predicted molar refractivity (Wildman–Crippen MR) is 135 cm³/mol. The second-order valence-corrected chi connectivity index (χ2v) is 9.05. The molecule has 0 bridgehead atoms. The largest absolute Gasteiger partial charge is 0.343 e. The lowest BCUT2D eigenvalue weighted by molar-refractivity contribution is -0.120. The van der Waals surface area contributed by atoms with E-state index in [-0.39, 0.29) is 18.3 Å². The van der Waals surface area contributed by atoms with E-state index in [2.05, 4.69) is 25.6 Å². The highest BCUT2D eigenvalue weighted by atomic mass is 19.3. The molecule has 4 heterocycles. The number of likely N-dealkylation sites (N-methyl/N-ethyl adjacent to an activating group) is 1. The molecule has 0 spiro atoms. The summed E-state index contributed by atoms with van der Waals surface area (Å²) in [4.78, 5) is 32.2. The number of hydrogen-bond donors (Lipinski definition) is 2. The Morgan fingerprint density at radius 3 is 2.74 bits per heavy atom. The van der Waals surface area contributed by atoms with Crippen LogP contribution in [0.15, 0.2) is 67.1 Å². The number of amides is 2. The highest BCUT2D eigenvalue weighted by Crippen LogP contribution is 2.37. The minimum Gasteiger partial charge on any atom is -0.343 e. The van der Waals surface area contributed by atoms with Crippen molar-refractivity contribution in [3.63, 3.8) is 0 Å². The molecule has 1 aliphatic heterocycles. The van der Waals surface area contributed by atoms with Gasteiger partial charge in [0, 0.05) is 42.4 Å². The number of anilines is 1. The number of carbonyl (C=O) groups is 2. The van der Waals surface area contributed by atoms with E-state index in [4.69, 9.17) is 0 Å². The van der Waals surface area contributed by atoms with Crippen LogP contribution in [0.3, 0.4) is 0 Å². The van der Waals surface area contributed by atoms with E-state index in [9.17, 15) is 18.4 Å². The van der Waals surface area contributed by atoms with Gasteiger partial charge in [-0.15, -0.1) is 5.10 Å². The summed E-state index contributed by atoms with van der Waals surface area (Å²) in [5, 5.41) is 14.1. The van der Waals surface area contributed by atoms with E-state index >= 15 is 0 Å². The van der Waals surface area contributed by atoms with Crippen LogP contribution in [0, 0.1) is 0 Å². The van der Waals surface area contributed by atoms with Crippen LogP contribution in [-0.4, -0.2) is 54.4 Å². The molecule has 0 fully saturated rings. The number of H-pyrrole nitrogens is 1. The van der Waals surface area contributed by atoms with Gasteiger partial charge in [-0.25, -0.2) is 9.67 Å². The van der Waals surface area contributed by atoms with Crippen LogP contribution in [0.4, 0.5) is 14.5 Å². The zero-order valence-electron chi connectivity index (χ0n) is 20.2. The first-order valence-electron chi connectivity index (χ1n) is 11.9. The lowest BCUT2D eigenvalue weighted by atomic mass is 10.1. The summed E-state index contributed by atoms with van der Waals surface area (Å²) in [6, 6.07) is 14.2. The summed E-state index contributed by atoms with van der Waals surface area (Å²) >= 11 is 0. The first-order valence-corrected chi connectivity index (χ1v) is 11.9. The fourth-order valence-electron chi connectivity index (χ4n) is 4.79. The topological polar surface area (TPSA) is 114 Å². The van der Waals surface area contributed by atoms with Gasteiger partial charge in [-0.2, -0.15) is 13.9 Å². The number of aromatic amines is 1. The molecular formula is C26H22F2N8O2. The van der Waals surface area contributed by atoms with Crippen LogP contribution >= 0.6 is 0 Å². The number of hydrogen-bond acceptors (Lipinski definition) is 5. The molecule has 1 atom stereocenters. The highest BCUT2D eigenvalue weighted by molar-refractivity contribution is 6.10. The Labute approximate surface area is 214 Å². The van der Waals surface area contributed by atoms with E-state index in [0.717, 1.165) is 16.5 Å². The average molecular weight is 517 g/mol. The van der Waals surface area contributed by atoms with Crippen LogP contribution in [0.25, 0.3) is 22.0 Å².